The summed E-state index contributed by atoms with van der Waals surface area (Å²) in [6.07, 6.45) is 2.81. The lowest BCUT2D eigenvalue weighted by Crippen LogP contribution is -2.38. The van der Waals surface area contributed by atoms with Crippen LogP contribution in [0.4, 0.5) is 10.5 Å². The lowest BCUT2D eigenvalue weighted by atomic mass is 10.1. The van der Waals surface area contributed by atoms with Crippen LogP contribution in [-0.4, -0.2) is 27.3 Å². The fourth-order valence-corrected chi connectivity index (χ4v) is 4.04. The molecule has 0 atom stereocenters. The van der Waals surface area contributed by atoms with E-state index >= 15 is 0 Å². The number of carbonyl (C=O) groups is 1. The number of amides is 2. The van der Waals surface area contributed by atoms with Gasteiger partial charge in [-0.3, -0.25) is 4.68 Å². The van der Waals surface area contributed by atoms with E-state index in [1.165, 1.54) is 10.4 Å². The van der Waals surface area contributed by atoms with Gasteiger partial charge in [0.2, 0.25) is 0 Å². The van der Waals surface area contributed by atoms with Crippen LogP contribution in [0.15, 0.2) is 35.8 Å². The first kappa shape index (κ1) is 15.2. The monoisotopic (exact) mass is 340 g/mol. The fraction of sp³-hybridized carbons (Fsp3) is 0.333. The van der Waals surface area contributed by atoms with Gasteiger partial charge >= 0.3 is 6.03 Å². The summed E-state index contributed by atoms with van der Waals surface area (Å²) in [7, 11) is 0. The molecule has 24 heavy (non-hydrogen) atoms. The molecule has 0 radical (unpaired) electrons. The van der Waals surface area contributed by atoms with Crippen molar-refractivity contribution in [2.75, 3.05) is 11.9 Å². The second-order valence-corrected chi connectivity index (χ2v) is 7.43. The maximum Gasteiger partial charge on any atom is 0.322 e. The minimum atomic E-state index is -0.0400. The van der Waals surface area contributed by atoms with Gasteiger partial charge in [-0.1, -0.05) is 0 Å². The molecule has 0 saturated carbocycles. The Bertz CT molecular complexity index is 895. The van der Waals surface area contributed by atoms with Crippen LogP contribution in [0.25, 0.3) is 10.9 Å². The van der Waals surface area contributed by atoms with Gasteiger partial charge in [0.25, 0.3) is 0 Å². The molecule has 0 fully saturated rings. The number of aromatic nitrogens is 2. The van der Waals surface area contributed by atoms with Gasteiger partial charge < -0.3 is 10.2 Å². The smallest absolute Gasteiger partial charge is 0.320 e. The third kappa shape index (κ3) is 2.67. The van der Waals surface area contributed by atoms with Crippen molar-refractivity contribution in [3.05, 3.63) is 46.3 Å². The third-order valence-corrected chi connectivity index (χ3v) is 5.46. The number of nitrogens with one attached hydrogen (secondary N) is 1. The summed E-state index contributed by atoms with van der Waals surface area (Å²) in [5.41, 5.74) is 3.13. The van der Waals surface area contributed by atoms with Gasteiger partial charge in [-0.05, 0) is 55.5 Å². The zero-order valence-electron chi connectivity index (χ0n) is 13.8. The van der Waals surface area contributed by atoms with E-state index in [1.807, 2.05) is 34.0 Å². The topological polar surface area (TPSA) is 50.2 Å². The zero-order valence-corrected chi connectivity index (χ0v) is 14.6. The first-order valence-corrected chi connectivity index (χ1v) is 9.08. The SMILES string of the molecule is CC(C)n1ncc2ccc(NC(=O)N3CCc4sccc4C3)cc21. The van der Waals surface area contributed by atoms with Crippen molar-refractivity contribution in [3.8, 4) is 0 Å². The van der Waals surface area contributed by atoms with Crippen molar-refractivity contribution in [3.63, 3.8) is 0 Å². The number of fused-ring (bicyclic) bond motifs is 2. The number of carbonyl (C=O) groups excluding carboxylic acids is 1. The normalized spacial score (nSPS) is 14.2. The molecule has 0 aliphatic carbocycles. The Hall–Kier alpha value is -2.34. The van der Waals surface area contributed by atoms with Gasteiger partial charge in [0, 0.05) is 35.1 Å². The van der Waals surface area contributed by atoms with E-state index in [1.54, 1.807) is 11.3 Å². The molecule has 1 aliphatic rings. The fourth-order valence-electron chi connectivity index (χ4n) is 3.15. The van der Waals surface area contributed by atoms with Crippen LogP contribution in [0.1, 0.15) is 30.3 Å². The lowest BCUT2D eigenvalue weighted by molar-refractivity contribution is 0.207. The van der Waals surface area contributed by atoms with Crippen molar-refractivity contribution in [1.29, 1.82) is 0 Å². The summed E-state index contributed by atoms with van der Waals surface area (Å²) in [6, 6.07) is 8.30. The molecule has 2 amide bonds. The molecule has 0 spiro atoms. The molecule has 0 bridgehead atoms. The highest BCUT2D eigenvalue weighted by Gasteiger charge is 2.21. The molecular weight excluding hydrogens is 320 g/mol. The predicted octanol–water partition coefficient (Wildman–Crippen LogP) is 4.27. The maximum absolute atomic E-state index is 12.6. The molecule has 3 aromatic rings. The molecule has 1 N–H and O–H groups in total. The molecule has 0 unspecified atom stereocenters. The number of hydrogen-bond acceptors (Lipinski definition) is 3. The molecule has 2 aromatic heterocycles. The molecule has 4 rings (SSSR count). The number of nitrogens with zero attached hydrogens (tertiary/aromatic N) is 3. The molecule has 124 valence electrons. The van der Waals surface area contributed by atoms with Crippen LogP contribution < -0.4 is 5.32 Å². The highest BCUT2D eigenvalue weighted by atomic mass is 32.1. The third-order valence-electron chi connectivity index (χ3n) is 4.43. The highest BCUT2D eigenvalue weighted by molar-refractivity contribution is 7.10. The summed E-state index contributed by atoms with van der Waals surface area (Å²) >= 11 is 1.78. The van der Waals surface area contributed by atoms with Crippen LogP contribution >= 0.6 is 11.3 Å². The average Bonchev–Trinajstić information content (AvgIpc) is 3.20. The average molecular weight is 340 g/mol. The molecule has 6 heteroatoms. The maximum atomic E-state index is 12.6. The Morgan fingerprint density at radius 2 is 2.21 bits per heavy atom. The van der Waals surface area contributed by atoms with E-state index in [2.05, 4.69) is 35.7 Å². The lowest BCUT2D eigenvalue weighted by Gasteiger charge is -2.27. The molecule has 1 aliphatic heterocycles. The van der Waals surface area contributed by atoms with Crippen molar-refractivity contribution in [2.45, 2.75) is 32.9 Å². The van der Waals surface area contributed by atoms with Gasteiger partial charge in [0.05, 0.1) is 11.7 Å². The van der Waals surface area contributed by atoms with Crippen molar-refractivity contribution in [2.24, 2.45) is 0 Å². The van der Waals surface area contributed by atoms with Crippen LogP contribution in [0.3, 0.4) is 0 Å². The van der Waals surface area contributed by atoms with E-state index in [0.717, 1.165) is 29.6 Å². The molecule has 0 saturated heterocycles. The van der Waals surface area contributed by atoms with Gasteiger partial charge in [-0.15, -0.1) is 11.3 Å². The second-order valence-electron chi connectivity index (χ2n) is 6.43. The Kier molecular flexibility index (Phi) is 3.76. The van der Waals surface area contributed by atoms with E-state index in [9.17, 15) is 4.79 Å². The minimum absolute atomic E-state index is 0.0400. The number of thiophene rings is 1. The Morgan fingerprint density at radius 1 is 1.33 bits per heavy atom. The summed E-state index contributed by atoms with van der Waals surface area (Å²) in [6.45, 7) is 5.66. The zero-order chi connectivity index (χ0) is 16.7. The predicted molar refractivity (Wildman–Crippen MR) is 97.6 cm³/mol. The summed E-state index contributed by atoms with van der Waals surface area (Å²) < 4.78 is 1.98. The summed E-state index contributed by atoms with van der Waals surface area (Å²) in [4.78, 5) is 15.9. The van der Waals surface area contributed by atoms with Crippen molar-refractivity contribution >= 4 is 34.0 Å². The van der Waals surface area contributed by atoms with E-state index in [4.69, 9.17) is 0 Å². The highest BCUT2D eigenvalue weighted by Crippen LogP contribution is 2.25. The Labute approximate surface area is 144 Å². The van der Waals surface area contributed by atoms with Crippen molar-refractivity contribution in [1.82, 2.24) is 14.7 Å². The summed E-state index contributed by atoms with van der Waals surface area (Å²) in [5, 5.41) is 10.6. The standard InChI is InChI=1S/C18H20N4OS/c1-12(2)22-16-9-15(4-3-13(16)10-19-22)20-18(23)21-7-5-17-14(11-21)6-8-24-17/h3-4,6,8-10,12H,5,7,11H2,1-2H3,(H,20,23). The molecule has 5 nitrogen and oxygen atoms in total. The minimum Gasteiger partial charge on any atom is -0.320 e. The number of anilines is 1. The number of hydrogen-bond donors (Lipinski definition) is 1. The molecule has 1 aromatic carbocycles. The quantitative estimate of drug-likeness (QED) is 0.757. The van der Waals surface area contributed by atoms with E-state index < -0.39 is 0 Å². The largest absolute Gasteiger partial charge is 0.322 e. The van der Waals surface area contributed by atoms with Crippen molar-refractivity contribution < 1.29 is 4.79 Å². The van der Waals surface area contributed by atoms with Gasteiger partial charge in [-0.25, -0.2) is 4.79 Å². The van der Waals surface area contributed by atoms with Gasteiger partial charge in [0.1, 0.15) is 0 Å². The first-order chi connectivity index (χ1) is 11.6. The van der Waals surface area contributed by atoms with Gasteiger partial charge in [-0.2, -0.15) is 5.10 Å². The first-order valence-electron chi connectivity index (χ1n) is 8.20. The van der Waals surface area contributed by atoms with E-state index in [-0.39, 0.29) is 12.1 Å². The molecule has 3 heterocycles. The van der Waals surface area contributed by atoms with Crippen LogP contribution in [0, 0.1) is 0 Å². The number of rotatable bonds is 2. The summed E-state index contributed by atoms with van der Waals surface area (Å²) in [5.74, 6) is 0. The number of urea groups is 1. The number of benzene rings is 1. The molecular formula is C18H20N4OS. The Balaban J connectivity index is 1.53. The van der Waals surface area contributed by atoms with Crippen LogP contribution in [0.2, 0.25) is 0 Å². The van der Waals surface area contributed by atoms with Crippen LogP contribution in [0.5, 0.6) is 0 Å². The van der Waals surface area contributed by atoms with E-state index in [0.29, 0.717) is 6.54 Å². The Morgan fingerprint density at radius 3 is 3.04 bits per heavy atom. The van der Waals surface area contributed by atoms with Crippen LogP contribution in [-0.2, 0) is 13.0 Å². The van der Waals surface area contributed by atoms with Gasteiger partial charge in [0.15, 0.2) is 0 Å². The second kappa shape index (κ2) is 5.94.